The molecule has 0 aromatic carbocycles. The summed E-state index contributed by atoms with van der Waals surface area (Å²) in [7, 11) is -2.02. The SMILES string of the molecule is CCC(NS(=O)(=O)c1cn(C)cn1)C(=N)N. The first kappa shape index (κ1) is 12.7. The summed E-state index contributed by atoms with van der Waals surface area (Å²) in [6.07, 6.45) is 3.19. The smallest absolute Gasteiger partial charge is 0.260 e. The second-order valence-corrected chi connectivity index (χ2v) is 5.08. The third-order valence-corrected chi connectivity index (χ3v) is 3.39. The maximum Gasteiger partial charge on any atom is 0.260 e. The molecule has 0 aliphatic carbocycles. The van der Waals surface area contributed by atoms with E-state index < -0.39 is 16.1 Å². The zero-order chi connectivity index (χ0) is 12.3. The van der Waals surface area contributed by atoms with Crippen molar-refractivity contribution in [2.24, 2.45) is 12.8 Å². The van der Waals surface area contributed by atoms with Gasteiger partial charge in [-0.25, -0.2) is 13.4 Å². The number of nitrogens with two attached hydrogens (primary N) is 1. The third kappa shape index (κ3) is 2.80. The summed E-state index contributed by atoms with van der Waals surface area (Å²) in [6.45, 7) is 1.74. The van der Waals surface area contributed by atoms with Gasteiger partial charge >= 0.3 is 0 Å². The van der Waals surface area contributed by atoms with Crippen molar-refractivity contribution in [3.63, 3.8) is 0 Å². The number of rotatable bonds is 5. The normalized spacial score (nSPS) is 13.6. The van der Waals surface area contributed by atoms with E-state index in [0.29, 0.717) is 6.42 Å². The molecular weight excluding hydrogens is 230 g/mol. The lowest BCUT2D eigenvalue weighted by Gasteiger charge is -2.13. The number of hydrogen-bond donors (Lipinski definition) is 3. The fraction of sp³-hybridized carbons (Fsp3) is 0.500. The molecule has 0 bridgehead atoms. The minimum Gasteiger partial charge on any atom is -0.386 e. The van der Waals surface area contributed by atoms with Crippen LogP contribution < -0.4 is 10.5 Å². The number of aromatic nitrogens is 2. The van der Waals surface area contributed by atoms with Crippen molar-refractivity contribution in [2.45, 2.75) is 24.4 Å². The Hall–Kier alpha value is -1.41. The summed E-state index contributed by atoms with van der Waals surface area (Å²) in [5.41, 5.74) is 5.27. The highest BCUT2D eigenvalue weighted by Gasteiger charge is 2.22. The standard InChI is InChI=1S/C8H15N5O2S/c1-3-6(8(9)10)12-16(14,15)7-4-13(2)5-11-7/h4-6,12H,3H2,1-2H3,(H3,9,10). The number of nitrogens with one attached hydrogen (secondary N) is 2. The van der Waals surface area contributed by atoms with Crippen LogP contribution in [0.5, 0.6) is 0 Å². The van der Waals surface area contributed by atoms with Gasteiger partial charge in [-0.15, -0.1) is 0 Å². The van der Waals surface area contributed by atoms with Crippen LogP contribution in [0.15, 0.2) is 17.6 Å². The minimum absolute atomic E-state index is 0.0744. The van der Waals surface area contributed by atoms with E-state index in [1.54, 1.807) is 14.0 Å². The van der Waals surface area contributed by atoms with Gasteiger partial charge in [0.2, 0.25) is 0 Å². The van der Waals surface area contributed by atoms with E-state index in [4.69, 9.17) is 11.1 Å². The Kier molecular flexibility index (Phi) is 3.66. The molecule has 0 saturated heterocycles. The van der Waals surface area contributed by atoms with Crippen molar-refractivity contribution in [1.82, 2.24) is 14.3 Å². The fourth-order valence-electron chi connectivity index (χ4n) is 1.14. The van der Waals surface area contributed by atoms with E-state index in [9.17, 15) is 8.42 Å². The van der Waals surface area contributed by atoms with Crippen molar-refractivity contribution in [1.29, 1.82) is 5.41 Å². The molecule has 4 N–H and O–H groups in total. The molecule has 1 aromatic rings. The Bertz CT molecular complexity index is 478. The van der Waals surface area contributed by atoms with E-state index in [1.807, 2.05) is 0 Å². The molecule has 1 atom stereocenters. The molecule has 1 unspecified atom stereocenters. The van der Waals surface area contributed by atoms with Crippen LogP contribution in [0.2, 0.25) is 0 Å². The molecule has 90 valence electrons. The summed E-state index contributed by atoms with van der Waals surface area (Å²) in [5, 5.41) is 7.15. The molecule has 1 rings (SSSR count). The Morgan fingerprint density at radius 3 is 2.75 bits per heavy atom. The number of sulfonamides is 1. The van der Waals surface area contributed by atoms with Crippen LogP contribution in [-0.2, 0) is 17.1 Å². The van der Waals surface area contributed by atoms with Crippen LogP contribution >= 0.6 is 0 Å². The van der Waals surface area contributed by atoms with Crippen molar-refractivity contribution >= 4 is 15.9 Å². The molecule has 1 aromatic heterocycles. The van der Waals surface area contributed by atoms with Gasteiger partial charge in [-0.1, -0.05) is 6.92 Å². The molecule has 8 heteroatoms. The van der Waals surface area contributed by atoms with Crippen molar-refractivity contribution in [3.8, 4) is 0 Å². The monoisotopic (exact) mass is 245 g/mol. The fourth-order valence-corrected chi connectivity index (χ4v) is 2.42. The molecule has 0 aliphatic heterocycles. The quantitative estimate of drug-likeness (QED) is 0.475. The van der Waals surface area contributed by atoms with Crippen LogP contribution in [-0.4, -0.2) is 29.8 Å². The molecule has 0 aliphatic rings. The Morgan fingerprint density at radius 2 is 2.38 bits per heavy atom. The van der Waals surface area contributed by atoms with Gasteiger partial charge in [0.25, 0.3) is 10.0 Å². The molecular formula is C8H15N5O2S. The second kappa shape index (κ2) is 4.62. The first-order chi connectivity index (χ1) is 7.36. The first-order valence-corrected chi connectivity index (χ1v) is 6.19. The summed E-state index contributed by atoms with van der Waals surface area (Å²) in [5.74, 6) is -0.206. The van der Waals surface area contributed by atoms with E-state index in [-0.39, 0.29) is 10.9 Å². The highest BCUT2D eigenvalue weighted by molar-refractivity contribution is 7.89. The van der Waals surface area contributed by atoms with Crippen LogP contribution in [0.4, 0.5) is 0 Å². The van der Waals surface area contributed by atoms with Crippen LogP contribution in [0.1, 0.15) is 13.3 Å². The van der Waals surface area contributed by atoms with Gasteiger partial charge in [0, 0.05) is 13.2 Å². The van der Waals surface area contributed by atoms with Gasteiger partial charge in [-0.2, -0.15) is 4.72 Å². The van der Waals surface area contributed by atoms with Crippen molar-refractivity contribution in [3.05, 3.63) is 12.5 Å². The van der Waals surface area contributed by atoms with Crippen LogP contribution in [0.3, 0.4) is 0 Å². The van der Waals surface area contributed by atoms with E-state index in [2.05, 4.69) is 9.71 Å². The molecule has 1 heterocycles. The second-order valence-electron chi connectivity index (χ2n) is 3.41. The summed E-state index contributed by atoms with van der Waals surface area (Å²) >= 11 is 0. The average Bonchev–Trinajstić information content (AvgIpc) is 2.61. The van der Waals surface area contributed by atoms with E-state index >= 15 is 0 Å². The number of hydrogen-bond acceptors (Lipinski definition) is 4. The molecule has 16 heavy (non-hydrogen) atoms. The molecule has 0 spiro atoms. The lowest BCUT2D eigenvalue weighted by molar-refractivity contribution is 0.568. The van der Waals surface area contributed by atoms with Gasteiger partial charge in [0.15, 0.2) is 5.03 Å². The molecule has 0 saturated carbocycles. The van der Waals surface area contributed by atoms with Crippen LogP contribution in [0.25, 0.3) is 0 Å². The summed E-state index contributed by atoms with van der Waals surface area (Å²) < 4.78 is 27.4. The Balaban J connectivity index is 2.91. The predicted octanol–water partition coefficient (Wildman–Crippen LogP) is -0.587. The lowest BCUT2D eigenvalue weighted by Crippen LogP contribution is -2.43. The topological polar surface area (TPSA) is 114 Å². The highest BCUT2D eigenvalue weighted by atomic mass is 32.2. The minimum atomic E-state index is -3.70. The lowest BCUT2D eigenvalue weighted by atomic mass is 10.2. The third-order valence-electron chi connectivity index (χ3n) is 2.04. The molecule has 0 amide bonds. The van der Waals surface area contributed by atoms with Gasteiger partial charge in [0.1, 0.15) is 5.84 Å². The highest BCUT2D eigenvalue weighted by Crippen LogP contribution is 2.06. The molecule has 0 fully saturated rings. The van der Waals surface area contributed by atoms with Gasteiger partial charge in [-0.05, 0) is 6.42 Å². The maximum atomic E-state index is 11.8. The first-order valence-electron chi connectivity index (χ1n) is 4.71. The summed E-state index contributed by atoms with van der Waals surface area (Å²) in [6, 6.07) is -0.688. The van der Waals surface area contributed by atoms with E-state index in [1.165, 1.54) is 17.1 Å². The van der Waals surface area contributed by atoms with Crippen LogP contribution in [0, 0.1) is 5.41 Å². The zero-order valence-corrected chi connectivity index (χ0v) is 9.95. The van der Waals surface area contributed by atoms with Gasteiger partial charge in [-0.3, -0.25) is 5.41 Å². The average molecular weight is 245 g/mol. The Labute approximate surface area is 94.2 Å². The zero-order valence-electron chi connectivity index (χ0n) is 9.14. The number of nitrogens with zero attached hydrogens (tertiary/aromatic N) is 2. The van der Waals surface area contributed by atoms with Crippen molar-refractivity contribution < 1.29 is 8.42 Å². The van der Waals surface area contributed by atoms with E-state index in [0.717, 1.165) is 0 Å². The summed E-state index contributed by atoms with van der Waals surface area (Å²) in [4.78, 5) is 3.74. The largest absolute Gasteiger partial charge is 0.386 e. The van der Waals surface area contributed by atoms with Gasteiger partial charge in [0.05, 0.1) is 12.4 Å². The molecule has 7 nitrogen and oxygen atoms in total. The van der Waals surface area contributed by atoms with Crippen molar-refractivity contribution in [2.75, 3.05) is 0 Å². The number of amidine groups is 1. The number of aryl methyl sites for hydroxylation is 1. The predicted molar refractivity (Wildman–Crippen MR) is 59.5 cm³/mol. The Morgan fingerprint density at radius 1 is 1.75 bits per heavy atom. The number of imidazole rings is 1. The molecule has 0 radical (unpaired) electrons. The van der Waals surface area contributed by atoms with Gasteiger partial charge < -0.3 is 10.3 Å². The maximum absolute atomic E-state index is 11.8.